The summed E-state index contributed by atoms with van der Waals surface area (Å²) < 4.78 is 1.02. The molecule has 0 saturated carbocycles. The van der Waals surface area contributed by atoms with Gasteiger partial charge in [0.2, 0.25) is 0 Å². The van der Waals surface area contributed by atoms with E-state index >= 15 is 0 Å². The standard InChI is InChI=1S/C12H16BrClN2/c1-15-7-9-5-6-16(8-9)11-4-2-3-10(14)12(11)13/h2-4,9,15H,5-8H2,1H3. The number of nitrogens with one attached hydrogen (secondary N) is 1. The van der Waals surface area contributed by atoms with Crippen molar-refractivity contribution in [3.63, 3.8) is 0 Å². The van der Waals surface area contributed by atoms with Gasteiger partial charge >= 0.3 is 0 Å². The first-order valence-corrected chi connectivity index (χ1v) is 6.73. The van der Waals surface area contributed by atoms with Gasteiger partial charge < -0.3 is 10.2 Å². The van der Waals surface area contributed by atoms with Gasteiger partial charge in [0.1, 0.15) is 0 Å². The molecule has 0 bridgehead atoms. The van der Waals surface area contributed by atoms with Crippen LogP contribution in [-0.2, 0) is 0 Å². The van der Waals surface area contributed by atoms with Gasteiger partial charge in [-0.05, 0) is 54.0 Å². The highest BCUT2D eigenvalue weighted by Crippen LogP contribution is 2.35. The molecular formula is C12H16BrClN2. The molecule has 1 N–H and O–H groups in total. The maximum absolute atomic E-state index is 6.10. The number of hydrogen-bond donors (Lipinski definition) is 1. The molecule has 0 radical (unpaired) electrons. The van der Waals surface area contributed by atoms with Gasteiger partial charge in [0.15, 0.2) is 0 Å². The van der Waals surface area contributed by atoms with Crippen molar-refractivity contribution in [2.45, 2.75) is 6.42 Å². The average molecular weight is 304 g/mol. The van der Waals surface area contributed by atoms with E-state index in [1.165, 1.54) is 12.1 Å². The van der Waals surface area contributed by atoms with Crippen molar-refractivity contribution in [3.8, 4) is 0 Å². The first-order valence-electron chi connectivity index (χ1n) is 5.56. The van der Waals surface area contributed by atoms with Crippen LogP contribution < -0.4 is 10.2 Å². The molecule has 0 aliphatic carbocycles. The Hall–Kier alpha value is -0.250. The Morgan fingerprint density at radius 1 is 1.56 bits per heavy atom. The third-order valence-corrected chi connectivity index (χ3v) is 4.43. The highest BCUT2D eigenvalue weighted by atomic mass is 79.9. The fourth-order valence-electron chi connectivity index (χ4n) is 2.24. The van der Waals surface area contributed by atoms with E-state index in [2.05, 4.69) is 32.2 Å². The molecule has 0 aromatic heterocycles. The number of nitrogens with zero attached hydrogens (tertiary/aromatic N) is 1. The predicted molar refractivity (Wildman–Crippen MR) is 73.4 cm³/mol. The van der Waals surface area contributed by atoms with E-state index in [1.807, 2.05) is 19.2 Å². The fraction of sp³-hybridized carbons (Fsp3) is 0.500. The lowest BCUT2D eigenvalue weighted by molar-refractivity contribution is 0.549. The summed E-state index contributed by atoms with van der Waals surface area (Å²) in [6, 6.07) is 6.04. The molecule has 4 heteroatoms. The minimum atomic E-state index is 0.746. The molecule has 16 heavy (non-hydrogen) atoms. The van der Waals surface area contributed by atoms with Crippen molar-refractivity contribution < 1.29 is 0 Å². The summed E-state index contributed by atoms with van der Waals surface area (Å²) in [6.07, 6.45) is 1.25. The molecule has 2 nitrogen and oxygen atoms in total. The molecule has 1 fully saturated rings. The number of rotatable bonds is 3. The molecule has 1 unspecified atom stereocenters. The van der Waals surface area contributed by atoms with Crippen molar-refractivity contribution >= 4 is 33.2 Å². The monoisotopic (exact) mass is 302 g/mol. The molecule has 1 saturated heterocycles. The van der Waals surface area contributed by atoms with E-state index in [-0.39, 0.29) is 0 Å². The number of benzene rings is 1. The minimum absolute atomic E-state index is 0.746. The Kier molecular flexibility index (Phi) is 4.11. The van der Waals surface area contributed by atoms with Crippen molar-refractivity contribution in [2.24, 2.45) is 5.92 Å². The maximum Gasteiger partial charge on any atom is 0.0595 e. The minimum Gasteiger partial charge on any atom is -0.370 e. The van der Waals surface area contributed by atoms with E-state index in [0.717, 1.165) is 35.0 Å². The lowest BCUT2D eigenvalue weighted by atomic mass is 10.1. The van der Waals surface area contributed by atoms with Gasteiger partial charge in [-0.1, -0.05) is 17.7 Å². The SMILES string of the molecule is CNCC1CCN(c2cccc(Cl)c2Br)C1. The zero-order valence-electron chi connectivity index (χ0n) is 9.34. The van der Waals surface area contributed by atoms with Gasteiger partial charge in [-0.15, -0.1) is 0 Å². The van der Waals surface area contributed by atoms with Crippen LogP contribution >= 0.6 is 27.5 Å². The summed E-state index contributed by atoms with van der Waals surface area (Å²) >= 11 is 9.66. The van der Waals surface area contributed by atoms with E-state index in [1.54, 1.807) is 0 Å². The maximum atomic E-state index is 6.10. The van der Waals surface area contributed by atoms with Crippen LogP contribution in [0.2, 0.25) is 5.02 Å². The molecule has 1 aliphatic heterocycles. The molecule has 2 rings (SSSR count). The zero-order valence-corrected chi connectivity index (χ0v) is 11.7. The van der Waals surface area contributed by atoms with Crippen molar-refractivity contribution in [1.82, 2.24) is 5.32 Å². The van der Waals surface area contributed by atoms with Gasteiger partial charge in [-0.3, -0.25) is 0 Å². The quantitative estimate of drug-likeness (QED) is 0.923. The molecule has 0 amide bonds. The summed E-state index contributed by atoms with van der Waals surface area (Å²) in [5.74, 6) is 0.746. The molecule has 1 aliphatic rings. The van der Waals surface area contributed by atoms with Crippen LogP contribution in [0.5, 0.6) is 0 Å². The molecule has 1 aromatic carbocycles. The summed E-state index contributed by atoms with van der Waals surface area (Å²) in [6.45, 7) is 3.32. The molecular weight excluding hydrogens is 288 g/mol. The van der Waals surface area contributed by atoms with Crippen LogP contribution in [-0.4, -0.2) is 26.7 Å². The number of anilines is 1. The molecule has 1 heterocycles. The summed E-state index contributed by atoms with van der Waals surface area (Å²) in [7, 11) is 2.01. The third-order valence-electron chi connectivity index (χ3n) is 3.05. The smallest absolute Gasteiger partial charge is 0.0595 e. The highest BCUT2D eigenvalue weighted by Gasteiger charge is 2.23. The van der Waals surface area contributed by atoms with E-state index in [9.17, 15) is 0 Å². The average Bonchev–Trinajstić information content (AvgIpc) is 2.71. The third kappa shape index (κ3) is 2.53. The topological polar surface area (TPSA) is 15.3 Å². The Morgan fingerprint density at radius 2 is 2.38 bits per heavy atom. The van der Waals surface area contributed by atoms with Crippen LogP contribution in [0.1, 0.15) is 6.42 Å². The van der Waals surface area contributed by atoms with Crippen molar-refractivity contribution in [2.75, 3.05) is 31.6 Å². The molecule has 88 valence electrons. The second-order valence-corrected chi connectivity index (χ2v) is 5.43. The van der Waals surface area contributed by atoms with E-state index in [4.69, 9.17) is 11.6 Å². The Balaban J connectivity index is 2.11. The van der Waals surface area contributed by atoms with Gasteiger partial charge in [-0.25, -0.2) is 0 Å². The lowest BCUT2D eigenvalue weighted by Crippen LogP contribution is -2.24. The second-order valence-electron chi connectivity index (χ2n) is 4.23. The molecule has 1 aromatic rings. The van der Waals surface area contributed by atoms with E-state index < -0.39 is 0 Å². The highest BCUT2D eigenvalue weighted by molar-refractivity contribution is 9.10. The second kappa shape index (κ2) is 5.39. The zero-order chi connectivity index (χ0) is 11.5. The normalized spacial score (nSPS) is 20.4. The molecule has 0 spiro atoms. The van der Waals surface area contributed by atoms with Crippen LogP contribution in [0.4, 0.5) is 5.69 Å². The number of halogens is 2. The van der Waals surface area contributed by atoms with Gasteiger partial charge in [0.25, 0.3) is 0 Å². The van der Waals surface area contributed by atoms with Crippen molar-refractivity contribution in [3.05, 3.63) is 27.7 Å². The van der Waals surface area contributed by atoms with Crippen LogP contribution in [0.25, 0.3) is 0 Å². The summed E-state index contributed by atoms with van der Waals surface area (Å²) in [5, 5.41) is 4.03. The lowest BCUT2D eigenvalue weighted by Gasteiger charge is -2.20. The first kappa shape index (κ1) is 12.2. The fourth-order valence-corrected chi connectivity index (χ4v) is 2.93. The predicted octanol–water partition coefficient (Wildman–Crippen LogP) is 3.15. The van der Waals surface area contributed by atoms with Crippen LogP contribution in [0.15, 0.2) is 22.7 Å². The van der Waals surface area contributed by atoms with Crippen LogP contribution in [0, 0.1) is 5.92 Å². The number of hydrogen-bond acceptors (Lipinski definition) is 2. The van der Waals surface area contributed by atoms with E-state index in [0.29, 0.717) is 0 Å². The Morgan fingerprint density at radius 3 is 3.12 bits per heavy atom. The van der Waals surface area contributed by atoms with Gasteiger partial charge in [-0.2, -0.15) is 0 Å². The first-order chi connectivity index (χ1) is 7.72. The van der Waals surface area contributed by atoms with Crippen molar-refractivity contribution in [1.29, 1.82) is 0 Å². The van der Waals surface area contributed by atoms with Crippen LogP contribution in [0.3, 0.4) is 0 Å². The van der Waals surface area contributed by atoms with Gasteiger partial charge in [0.05, 0.1) is 15.2 Å². The molecule has 1 atom stereocenters. The largest absolute Gasteiger partial charge is 0.370 e. The van der Waals surface area contributed by atoms with Gasteiger partial charge in [0, 0.05) is 13.1 Å². The summed E-state index contributed by atoms with van der Waals surface area (Å²) in [4.78, 5) is 2.40. The Labute approximate surface area is 110 Å². The Bertz CT molecular complexity index is 370. The summed E-state index contributed by atoms with van der Waals surface area (Å²) in [5.41, 5.74) is 1.21.